The number of ketones is 1. The molecule has 3 aromatic rings. The number of hydrogen-bond acceptors (Lipinski definition) is 8. The standard InChI is InChI=1S/C51H59Cl3O8/c1-29(27-39(61-45(57)31-11-17-34(53)18-12-31)43(48(4,5)59)62-46(58)32-13-19-35(54)20-14-32)36-21-25-50(7)37(36)28-38(60-44(56)30-9-15-33(52)16-10-30)42-49(6)24-23-41(55)47(2,3)40(49)22-26-51(42,50)8/h9-20,29,38-40,42-43,59H,21-28H2,1-8H3/t29-,38+,39+,40+,42+,43-,49+,50+,51+/m1/s1. The lowest BCUT2D eigenvalue weighted by atomic mass is 9.36. The Hall–Kier alpha value is -3.69. The van der Waals surface area contributed by atoms with E-state index in [1.807, 2.05) is 0 Å². The molecule has 332 valence electrons. The first-order chi connectivity index (χ1) is 29.0. The molecule has 4 aliphatic rings. The predicted molar refractivity (Wildman–Crippen MR) is 241 cm³/mol. The molecule has 1 N–H and O–H groups in total. The lowest BCUT2D eigenvalue weighted by molar-refractivity contribution is -0.208. The molecule has 0 amide bonds. The van der Waals surface area contributed by atoms with E-state index in [1.54, 1.807) is 72.8 Å². The van der Waals surface area contributed by atoms with E-state index in [0.29, 0.717) is 39.3 Å². The van der Waals surface area contributed by atoms with Crippen LogP contribution in [0.4, 0.5) is 0 Å². The zero-order valence-corrected chi connectivity index (χ0v) is 39.3. The van der Waals surface area contributed by atoms with Crippen molar-refractivity contribution in [2.45, 2.75) is 131 Å². The SMILES string of the molecule is C[C@H](C[C@H](OC(=O)c1ccc(Cl)cc1)[C@@H](OC(=O)c1ccc(Cl)cc1)C(C)(C)O)C1=C2C[C@H](OC(=O)c3ccc(Cl)cc3)[C@H]3[C@@]4(C)CCC(=O)C(C)(C)[C@@H]4CC[C@]3(C)[C@@]2(C)CC1. The highest BCUT2D eigenvalue weighted by molar-refractivity contribution is 6.31. The third-order valence-corrected chi connectivity index (χ3v) is 16.6. The molecule has 0 aliphatic heterocycles. The summed E-state index contributed by atoms with van der Waals surface area (Å²) in [7, 11) is 0. The Balaban J connectivity index is 1.28. The number of fused-ring (bicyclic) bond motifs is 5. The van der Waals surface area contributed by atoms with Gasteiger partial charge in [-0.05, 0) is 153 Å². The Labute approximate surface area is 381 Å². The van der Waals surface area contributed by atoms with E-state index in [-0.39, 0.29) is 51.5 Å². The summed E-state index contributed by atoms with van der Waals surface area (Å²) in [6, 6.07) is 19.4. The first-order valence-electron chi connectivity index (χ1n) is 21.9. The van der Waals surface area contributed by atoms with E-state index >= 15 is 0 Å². The van der Waals surface area contributed by atoms with E-state index in [2.05, 4.69) is 41.5 Å². The summed E-state index contributed by atoms with van der Waals surface area (Å²) < 4.78 is 19.1. The third kappa shape index (κ3) is 8.39. The molecule has 3 aromatic carbocycles. The van der Waals surface area contributed by atoms with Gasteiger partial charge in [0.1, 0.15) is 18.0 Å². The Kier molecular flexibility index (Phi) is 12.7. The molecule has 9 atom stereocenters. The molecular formula is C51H59Cl3O8. The highest BCUT2D eigenvalue weighted by Gasteiger charge is 2.70. The highest BCUT2D eigenvalue weighted by atomic mass is 35.5. The molecule has 0 spiro atoms. The van der Waals surface area contributed by atoms with Crippen molar-refractivity contribution in [1.29, 1.82) is 0 Å². The maximum atomic E-state index is 14.1. The van der Waals surface area contributed by atoms with Crippen LogP contribution in [-0.4, -0.2) is 52.7 Å². The van der Waals surface area contributed by atoms with Gasteiger partial charge in [0.15, 0.2) is 6.10 Å². The third-order valence-electron chi connectivity index (χ3n) is 15.8. The van der Waals surface area contributed by atoms with Crippen molar-refractivity contribution in [1.82, 2.24) is 0 Å². The number of benzene rings is 3. The predicted octanol–water partition coefficient (Wildman–Crippen LogP) is 12.3. The van der Waals surface area contributed by atoms with Crippen LogP contribution in [0.5, 0.6) is 0 Å². The van der Waals surface area contributed by atoms with Gasteiger partial charge in [0, 0.05) is 39.2 Å². The van der Waals surface area contributed by atoms with E-state index in [4.69, 9.17) is 49.0 Å². The second kappa shape index (κ2) is 17.0. The van der Waals surface area contributed by atoms with Crippen molar-refractivity contribution < 1.29 is 38.5 Å². The van der Waals surface area contributed by atoms with Gasteiger partial charge in [-0.3, -0.25) is 4.79 Å². The van der Waals surface area contributed by atoms with Crippen LogP contribution in [0.3, 0.4) is 0 Å². The summed E-state index contributed by atoms with van der Waals surface area (Å²) in [4.78, 5) is 55.2. The van der Waals surface area contributed by atoms with Crippen molar-refractivity contribution in [2.75, 3.05) is 0 Å². The Morgan fingerprint density at radius 3 is 1.76 bits per heavy atom. The second-order valence-electron chi connectivity index (χ2n) is 20.2. The Bertz CT molecular complexity index is 2240. The zero-order chi connectivity index (χ0) is 45.2. The molecular weight excluding hydrogens is 847 g/mol. The van der Waals surface area contributed by atoms with Crippen molar-refractivity contribution >= 4 is 58.5 Å². The van der Waals surface area contributed by atoms with Crippen LogP contribution >= 0.6 is 34.8 Å². The number of Topliss-reactive ketones (excluding diaryl/α,β-unsaturated/α-hetero) is 1. The first-order valence-corrected chi connectivity index (χ1v) is 23.0. The number of halogens is 3. The summed E-state index contributed by atoms with van der Waals surface area (Å²) in [5.41, 5.74) is 0.378. The molecule has 7 rings (SSSR count). The van der Waals surface area contributed by atoms with E-state index in [9.17, 15) is 24.3 Å². The van der Waals surface area contributed by atoms with E-state index in [0.717, 1.165) is 32.1 Å². The highest BCUT2D eigenvalue weighted by Crippen LogP contribution is 2.74. The lowest BCUT2D eigenvalue weighted by Gasteiger charge is -2.69. The fourth-order valence-electron chi connectivity index (χ4n) is 12.5. The van der Waals surface area contributed by atoms with Crippen molar-refractivity contribution in [2.24, 2.45) is 39.4 Å². The quantitative estimate of drug-likeness (QED) is 0.115. The number of carbonyl (C=O) groups excluding carboxylic acids is 4. The summed E-state index contributed by atoms with van der Waals surface area (Å²) >= 11 is 18.5. The van der Waals surface area contributed by atoms with Crippen LogP contribution in [0.2, 0.25) is 15.1 Å². The summed E-state index contributed by atoms with van der Waals surface area (Å²) in [6.45, 7) is 16.5. The number of esters is 3. The normalized spacial score (nSPS) is 29.4. The number of ether oxygens (including phenoxy) is 3. The molecule has 11 heteroatoms. The molecule has 0 aromatic heterocycles. The molecule has 0 bridgehead atoms. The molecule has 3 fully saturated rings. The summed E-state index contributed by atoms with van der Waals surface area (Å²) in [5, 5.41) is 13.1. The molecule has 62 heavy (non-hydrogen) atoms. The van der Waals surface area contributed by atoms with Gasteiger partial charge in [-0.25, -0.2) is 14.4 Å². The molecule has 0 radical (unpaired) electrons. The average Bonchev–Trinajstić information content (AvgIpc) is 3.56. The lowest BCUT2D eigenvalue weighted by Crippen LogP contribution is -2.66. The topological polar surface area (TPSA) is 116 Å². The minimum absolute atomic E-state index is 0.0271. The zero-order valence-electron chi connectivity index (χ0n) is 37.0. The van der Waals surface area contributed by atoms with Crippen molar-refractivity contribution in [3.8, 4) is 0 Å². The minimum Gasteiger partial charge on any atom is -0.458 e. The number of allylic oxidation sites excluding steroid dienone is 1. The Morgan fingerprint density at radius 1 is 0.742 bits per heavy atom. The van der Waals surface area contributed by atoms with Gasteiger partial charge in [0.25, 0.3) is 0 Å². The van der Waals surface area contributed by atoms with Crippen LogP contribution in [0.15, 0.2) is 83.9 Å². The van der Waals surface area contributed by atoms with Crippen LogP contribution in [0, 0.1) is 39.4 Å². The summed E-state index contributed by atoms with van der Waals surface area (Å²) in [6.07, 6.45) is 2.56. The number of hydrogen-bond donors (Lipinski definition) is 1. The fourth-order valence-corrected chi connectivity index (χ4v) is 12.9. The molecule has 3 saturated carbocycles. The molecule has 0 saturated heterocycles. The number of carbonyl (C=O) groups is 4. The van der Waals surface area contributed by atoms with Crippen LogP contribution in [-0.2, 0) is 19.0 Å². The first kappa shape index (κ1) is 46.3. The van der Waals surface area contributed by atoms with Crippen LogP contribution in [0.25, 0.3) is 0 Å². The summed E-state index contributed by atoms with van der Waals surface area (Å²) in [5.74, 6) is -1.56. The van der Waals surface area contributed by atoms with E-state index in [1.165, 1.54) is 25.0 Å². The van der Waals surface area contributed by atoms with Gasteiger partial charge in [-0.2, -0.15) is 0 Å². The van der Waals surface area contributed by atoms with Crippen LogP contribution < -0.4 is 0 Å². The van der Waals surface area contributed by atoms with Gasteiger partial charge < -0.3 is 19.3 Å². The van der Waals surface area contributed by atoms with Gasteiger partial charge >= 0.3 is 17.9 Å². The van der Waals surface area contributed by atoms with Gasteiger partial charge in [-0.15, -0.1) is 0 Å². The smallest absolute Gasteiger partial charge is 0.338 e. The fraction of sp³-hybridized carbons (Fsp3) is 0.529. The molecule has 0 heterocycles. The maximum Gasteiger partial charge on any atom is 0.338 e. The second-order valence-corrected chi connectivity index (χ2v) is 21.5. The molecule has 0 unspecified atom stereocenters. The van der Waals surface area contributed by atoms with Gasteiger partial charge in [-0.1, -0.05) is 87.5 Å². The van der Waals surface area contributed by atoms with Crippen molar-refractivity contribution in [3.63, 3.8) is 0 Å². The maximum absolute atomic E-state index is 14.1. The van der Waals surface area contributed by atoms with Gasteiger partial charge in [0.2, 0.25) is 0 Å². The van der Waals surface area contributed by atoms with E-state index < -0.39 is 47.2 Å². The van der Waals surface area contributed by atoms with Gasteiger partial charge in [0.05, 0.1) is 22.3 Å². The monoisotopic (exact) mass is 904 g/mol. The number of rotatable bonds is 11. The van der Waals surface area contributed by atoms with Crippen LogP contribution in [0.1, 0.15) is 138 Å². The average molecular weight is 906 g/mol. The largest absolute Gasteiger partial charge is 0.458 e. The number of aliphatic hydroxyl groups is 1. The molecule has 4 aliphatic carbocycles. The minimum atomic E-state index is -1.63. The van der Waals surface area contributed by atoms with Crippen molar-refractivity contribution in [3.05, 3.63) is 116 Å². The molecule has 8 nitrogen and oxygen atoms in total. The Morgan fingerprint density at radius 2 is 1.24 bits per heavy atom.